The van der Waals surface area contributed by atoms with Crippen LogP contribution in [0.15, 0.2) is 21.9 Å². The molecular weight excluding hydrogens is 551 g/mol. The zero-order valence-corrected chi connectivity index (χ0v) is 21.0. The van der Waals surface area contributed by atoms with Gasteiger partial charge < -0.3 is 14.7 Å². The molecule has 16 nitrogen and oxygen atoms in total. The van der Waals surface area contributed by atoms with E-state index >= 15 is 0 Å². The van der Waals surface area contributed by atoms with E-state index in [0.717, 1.165) is 31.0 Å². The number of nitrogens with one attached hydrogen (secondary N) is 1. The highest BCUT2D eigenvalue weighted by Gasteiger charge is 2.50. The molecule has 21 heteroatoms. The number of H-pyrrole nitrogens is 1. The first-order chi connectivity index (χ1) is 16.2. The Kier molecular flexibility index (Phi) is 10.3. The van der Waals surface area contributed by atoms with Gasteiger partial charge in [-0.15, -0.1) is 0 Å². The van der Waals surface area contributed by atoms with Gasteiger partial charge >= 0.3 is 29.2 Å². The van der Waals surface area contributed by atoms with Gasteiger partial charge in [-0.25, -0.2) is 27.3 Å². The monoisotopic (exact) mass is 574 g/mol. The normalized spacial score (nSPS) is 27.9. The van der Waals surface area contributed by atoms with Crippen LogP contribution in [0.5, 0.6) is 0 Å². The number of hydrogen-bond donors (Lipinski definition) is 3. The van der Waals surface area contributed by atoms with Crippen molar-refractivity contribution in [2.45, 2.75) is 31.3 Å². The van der Waals surface area contributed by atoms with Crippen molar-refractivity contribution in [2.24, 2.45) is 5.92 Å². The number of aliphatic hydroxyl groups excluding tert-OH is 1. The average molecular weight is 574 g/mol. The van der Waals surface area contributed by atoms with E-state index in [9.17, 15) is 42.1 Å². The van der Waals surface area contributed by atoms with Crippen molar-refractivity contribution in [1.82, 2.24) is 9.55 Å². The summed E-state index contributed by atoms with van der Waals surface area (Å²) in [6.07, 6.45) is -6.97. The number of aliphatic hydroxyl groups is 1. The standard InChI is InChI=1S/C14H23F2N2O14P3/c1-26-33(22,23)31-35(25,28-3)32-34(24,27-2)29-7-9-11(13(15)16)12(20)8(30-9)6-18-5-4-10(19)17-14(18)21/h4-5,8-9,11-13,20H,6-7H2,1-3H3,(H,22,23)(H,17,19,21)/t8-,9+,11+,12-,34?,35?/m0/s1. The smallest absolute Gasteiger partial charge is 0.390 e. The number of hydrogen-bond acceptors (Lipinski definition) is 13. The highest BCUT2D eigenvalue weighted by atomic mass is 31.3. The molecule has 1 saturated heterocycles. The van der Waals surface area contributed by atoms with Gasteiger partial charge in [0.2, 0.25) is 6.43 Å². The summed E-state index contributed by atoms with van der Waals surface area (Å²) in [6, 6.07) is 0.991. The van der Waals surface area contributed by atoms with Crippen LogP contribution in [-0.4, -0.2) is 72.2 Å². The number of rotatable bonds is 13. The van der Waals surface area contributed by atoms with Crippen molar-refractivity contribution < 1.29 is 63.9 Å². The summed E-state index contributed by atoms with van der Waals surface area (Å²) in [5.74, 6) is -1.90. The Morgan fingerprint density at radius 2 is 1.71 bits per heavy atom. The van der Waals surface area contributed by atoms with Gasteiger partial charge in [0.15, 0.2) is 0 Å². The molecule has 3 unspecified atom stereocenters. The largest absolute Gasteiger partial charge is 0.492 e. The zero-order valence-electron chi connectivity index (χ0n) is 18.3. The lowest BCUT2D eigenvalue weighted by Crippen LogP contribution is -2.38. The van der Waals surface area contributed by atoms with Gasteiger partial charge in [0.1, 0.15) is 6.10 Å². The molecule has 35 heavy (non-hydrogen) atoms. The fourth-order valence-electron chi connectivity index (χ4n) is 2.90. The second-order valence-corrected chi connectivity index (χ2v) is 12.1. The Morgan fingerprint density at radius 1 is 1.09 bits per heavy atom. The molecular formula is C14H23F2N2O14P3. The van der Waals surface area contributed by atoms with Crippen molar-refractivity contribution in [2.75, 3.05) is 27.9 Å². The molecule has 0 aromatic carbocycles. The number of halogens is 2. The third-order valence-corrected chi connectivity index (χ3v) is 9.64. The minimum Gasteiger partial charge on any atom is -0.390 e. The van der Waals surface area contributed by atoms with Crippen molar-refractivity contribution in [1.29, 1.82) is 0 Å². The van der Waals surface area contributed by atoms with Gasteiger partial charge in [-0.05, 0) is 0 Å². The van der Waals surface area contributed by atoms with Crippen LogP contribution < -0.4 is 11.2 Å². The van der Waals surface area contributed by atoms with Gasteiger partial charge in [-0.1, -0.05) is 0 Å². The molecule has 1 aliphatic heterocycles. The van der Waals surface area contributed by atoms with Crippen LogP contribution in [0.1, 0.15) is 0 Å². The number of phosphoric acid groups is 3. The average Bonchev–Trinajstić information content (AvgIpc) is 3.09. The molecule has 0 saturated carbocycles. The van der Waals surface area contributed by atoms with Crippen molar-refractivity contribution in [3.8, 4) is 0 Å². The molecule has 2 rings (SSSR count). The molecule has 1 aromatic rings. The van der Waals surface area contributed by atoms with Gasteiger partial charge in [-0.2, -0.15) is 8.62 Å². The van der Waals surface area contributed by atoms with Gasteiger partial charge in [0.25, 0.3) is 5.56 Å². The van der Waals surface area contributed by atoms with E-state index in [0.29, 0.717) is 7.11 Å². The summed E-state index contributed by atoms with van der Waals surface area (Å²) >= 11 is 0. The summed E-state index contributed by atoms with van der Waals surface area (Å²) in [5.41, 5.74) is -1.59. The van der Waals surface area contributed by atoms with Crippen LogP contribution in [-0.2, 0) is 51.7 Å². The Morgan fingerprint density at radius 3 is 2.23 bits per heavy atom. The van der Waals surface area contributed by atoms with Crippen LogP contribution in [0.4, 0.5) is 8.78 Å². The van der Waals surface area contributed by atoms with E-state index in [-0.39, 0.29) is 0 Å². The molecule has 7 atom stereocenters. The van der Waals surface area contributed by atoms with Crippen LogP contribution in [0.25, 0.3) is 0 Å². The lowest BCUT2D eigenvalue weighted by atomic mass is 9.97. The molecule has 3 N–H and O–H groups in total. The van der Waals surface area contributed by atoms with Crippen LogP contribution in [0.2, 0.25) is 0 Å². The summed E-state index contributed by atoms with van der Waals surface area (Å²) < 4.78 is 96.6. The fraction of sp³-hybridized carbons (Fsp3) is 0.714. The van der Waals surface area contributed by atoms with Crippen LogP contribution in [0, 0.1) is 5.92 Å². The number of phosphoric ester groups is 2. The minimum atomic E-state index is -5.11. The second kappa shape index (κ2) is 11.9. The first-order valence-corrected chi connectivity index (χ1v) is 13.8. The summed E-state index contributed by atoms with van der Waals surface area (Å²) in [5, 5.41) is 10.3. The molecule has 0 spiro atoms. The minimum absolute atomic E-state index is 0.440. The summed E-state index contributed by atoms with van der Waals surface area (Å²) in [7, 11) is -12.9. The maximum absolute atomic E-state index is 13.6. The molecule has 0 amide bonds. The van der Waals surface area contributed by atoms with E-state index in [2.05, 4.69) is 22.2 Å². The molecule has 1 aromatic heterocycles. The molecule has 0 radical (unpaired) electrons. The fourth-order valence-corrected chi connectivity index (χ4v) is 6.96. The van der Waals surface area contributed by atoms with Crippen molar-refractivity contribution in [3.63, 3.8) is 0 Å². The van der Waals surface area contributed by atoms with Crippen molar-refractivity contribution in [3.05, 3.63) is 33.1 Å². The number of nitrogens with zero attached hydrogens (tertiary/aromatic N) is 1. The van der Waals surface area contributed by atoms with E-state index in [1.807, 2.05) is 4.98 Å². The Bertz CT molecular complexity index is 1130. The maximum Gasteiger partial charge on any atom is 0.492 e. The summed E-state index contributed by atoms with van der Waals surface area (Å²) in [4.78, 5) is 34.3. The first-order valence-electron chi connectivity index (χ1n) is 9.37. The Labute approximate surface area is 195 Å². The molecule has 0 aliphatic carbocycles. The number of alkyl halides is 2. The van der Waals surface area contributed by atoms with Gasteiger partial charge in [0, 0.05) is 33.6 Å². The molecule has 0 bridgehead atoms. The molecule has 2 heterocycles. The third-order valence-electron chi connectivity index (χ3n) is 4.60. The van der Waals surface area contributed by atoms with E-state index < -0.39 is 78.5 Å². The highest BCUT2D eigenvalue weighted by Crippen LogP contribution is 2.71. The number of aromatic nitrogens is 2. The molecule has 1 aliphatic rings. The predicted molar refractivity (Wildman–Crippen MR) is 110 cm³/mol. The number of aromatic amines is 1. The zero-order chi connectivity index (χ0) is 26.6. The molecule has 1 fully saturated rings. The number of ether oxygens (including phenoxy) is 1. The second-order valence-electron chi connectivity index (χ2n) is 6.75. The van der Waals surface area contributed by atoms with Gasteiger partial charge in [-0.3, -0.25) is 32.4 Å². The lowest BCUT2D eigenvalue weighted by molar-refractivity contribution is -0.0349. The predicted octanol–water partition coefficient (Wildman–Crippen LogP) is 0.852. The third kappa shape index (κ3) is 7.92. The van der Waals surface area contributed by atoms with Crippen LogP contribution >= 0.6 is 23.5 Å². The SMILES string of the molecule is COP(=O)(O)OP(=O)(OC)OP(=O)(OC)OC[C@H]1O[C@@H](Cn2ccc(=O)[nH]c2=O)[C@H](O)[C@@H]1C(F)F. The maximum atomic E-state index is 13.6. The Balaban J connectivity index is 2.17. The highest BCUT2D eigenvalue weighted by molar-refractivity contribution is 7.67. The quantitative estimate of drug-likeness (QED) is 0.279. The summed E-state index contributed by atoms with van der Waals surface area (Å²) in [6.45, 7) is -1.43. The Hall–Kier alpha value is -1.13. The lowest BCUT2D eigenvalue weighted by Gasteiger charge is -2.24. The van der Waals surface area contributed by atoms with Gasteiger partial charge in [0.05, 0.1) is 31.3 Å². The van der Waals surface area contributed by atoms with Crippen molar-refractivity contribution >= 4 is 23.5 Å². The van der Waals surface area contributed by atoms with Crippen LogP contribution in [0.3, 0.4) is 0 Å². The first kappa shape index (κ1) is 30.1. The molecule has 202 valence electrons. The van der Waals surface area contributed by atoms with E-state index in [1.165, 1.54) is 0 Å². The topological polar surface area (TPSA) is 211 Å². The van der Waals surface area contributed by atoms with E-state index in [1.54, 1.807) is 0 Å². The van der Waals surface area contributed by atoms with E-state index in [4.69, 9.17) is 9.26 Å².